The van der Waals surface area contributed by atoms with E-state index in [4.69, 9.17) is 15.1 Å². The maximum Gasteiger partial charge on any atom is 0.216 e. The molecule has 28 heavy (non-hydrogen) atoms. The molecule has 3 nitrogen and oxygen atoms in total. The van der Waals surface area contributed by atoms with Gasteiger partial charge in [-0.05, 0) is 48.6 Å². The third kappa shape index (κ3) is 2.68. The molecule has 2 aromatic heterocycles. The van der Waals surface area contributed by atoms with E-state index in [0.717, 1.165) is 27.5 Å². The van der Waals surface area contributed by atoms with Gasteiger partial charge in [-0.1, -0.05) is 26.0 Å². The van der Waals surface area contributed by atoms with Crippen molar-refractivity contribution in [1.29, 1.82) is 0 Å². The summed E-state index contributed by atoms with van der Waals surface area (Å²) in [6.45, 7) is 16.6. The second-order valence-corrected chi connectivity index (χ2v) is 7.60. The number of fused-ring (bicyclic) bond motifs is 3. The molecule has 2 heterocycles. The highest BCUT2D eigenvalue weighted by Crippen LogP contribution is 2.39. The molecule has 0 fully saturated rings. The quantitative estimate of drug-likeness (QED) is 0.284. The zero-order valence-electron chi connectivity index (χ0n) is 20.1. The molecule has 4 aromatic rings. The number of rotatable bonds is 2. The van der Waals surface area contributed by atoms with E-state index in [9.17, 15) is 0 Å². The van der Waals surface area contributed by atoms with Gasteiger partial charge < -0.3 is 4.42 Å². The molecule has 0 bridgehead atoms. The molecule has 0 unspecified atom stereocenters. The van der Waals surface area contributed by atoms with Gasteiger partial charge in [-0.2, -0.15) is 4.57 Å². The van der Waals surface area contributed by atoms with Crippen molar-refractivity contribution in [2.24, 2.45) is 7.05 Å². The van der Waals surface area contributed by atoms with Gasteiger partial charge in [0.25, 0.3) is 0 Å². The number of pyridine rings is 1. The highest BCUT2D eigenvalue weighted by atomic mass is 16.3. The Morgan fingerprint density at radius 2 is 1.86 bits per heavy atom. The van der Waals surface area contributed by atoms with Crippen LogP contribution in [0.1, 0.15) is 46.2 Å². The van der Waals surface area contributed by atoms with Gasteiger partial charge in [-0.25, -0.2) is 4.85 Å². The Morgan fingerprint density at radius 1 is 1.11 bits per heavy atom. The summed E-state index contributed by atoms with van der Waals surface area (Å²) < 4.78 is 34.2. The molecule has 0 atom stereocenters. The molecule has 0 saturated carbocycles. The van der Waals surface area contributed by atoms with E-state index in [0.29, 0.717) is 33.8 Å². The van der Waals surface area contributed by atoms with Gasteiger partial charge in [0.2, 0.25) is 5.69 Å². The van der Waals surface area contributed by atoms with Crippen molar-refractivity contribution in [3.05, 3.63) is 70.2 Å². The topological polar surface area (TPSA) is 21.4 Å². The summed E-state index contributed by atoms with van der Waals surface area (Å²) in [5.41, 5.74) is 6.28. The van der Waals surface area contributed by atoms with Crippen LogP contribution in [0.3, 0.4) is 0 Å². The average Bonchev–Trinajstić information content (AvgIpc) is 3.03. The Labute approximate surface area is 170 Å². The Hall–Kier alpha value is -3.12. The normalized spacial score (nSPS) is 13.4. The van der Waals surface area contributed by atoms with E-state index in [-0.39, 0.29) is 12.1 Å². The van der Waals surface area contributed by atoms with Crippen LogP contribution in [0.15, 0.2) is 40.8 Å². The molecule has 0 aliphatic carbocycles. The lowest BCUT2D eigenvalue weighted by Crippen LogP contribution is -2.35. The summed E-state index contributed by atoms with van der Waals surface area (Å²) in [5, 5.41) is 1.76. The lowest BCUT2D eigenvalue weighted by molar-refractivity contribution is -0.666. The largest absolute Gasteiger partial charge is 0.455 e. The summed E-state index contributed by atoms with van der Waals surface area (Å²) in [6.07, 6.45) is 0. The van der Waals surface area contributed by atoms with Crippen LogP contribution in [0.5, 0.6) is 0 Å². The molecule has 0 N–H and O–H groups in total. The minimum absolute atomic E-state index is 0.173. The van der Waals surface area contributed by atoms with Gasteiger partial charge >= 0.3 is 0 Å². The Kier molecular flexibility index (Phi) is 3.45. The van der Waals surface area contributed by atoms with Crippen molar-refractivity contribution >= 4 is 27.6 Å². The molecule has 0 amide bonds. The van der Waals surface area contributed by atoms with Gasteiger partial charge in [-0.15, -0.1) is 0 Å². The number of nitrogens with zero attached hydrogens (tertiary/aromatic N) is 2. The van der Waals surface area contributed by atoms with Gasteiger partial charge in [0.1, 0.15) is 18.2 Å². The van der Waals surface area contributed by atoms with Gasteiger partial charge in [0.05, 0.1) is 14.9 Å². The lowest BCUT2D eigenvalue weighted by Gasteiger charge is -2.11. The molecule has 0 radical (unpaired) electrons. The van der Waals surface area contributed by atoms with Crippen molar-refractivity contribution in [3.8, 4) is 11.3 Å². The second-order valence-electron chi connectivity index (χ2n) is 7.60. The third-order valence-electron chi connectivity index (χ3n) is 5.41. The monoisotopic (exact) mass is 372 g/mol. The van der Waals surface area contributed by atoms with Crippen LogP contribution >= 0.6 is 0 Å². The standard InChI is InChI=1S/C25H25N2O/c1-14(2)18-11-17(5)27(7)22(12-18)24-15(3)8-9-19-20-13-21(26-6)16(4)10-23(20)28-25(19)24/h8-14H,1-5,7H3/q+1/i11D,12D,14D. The number of hydrogen-bond acceptors (Lipinski definition) is 1. The summed E-state index contributed by atoms with van der Waals surface area (Å²) in [5.74, 6) is -1.08. The Morgan fingerprint density at radius 3 is 2.54 bits per heavy atom. The first kappa shape index (κ1) is 14.9. The smallest absolute Gasteiger partial charge is 0.216 e. The van der Waals surface area contributed by atoms with Gasteiger partial charge in [0, 0.05) is 31.2 Å². The summed E-state index contributed by atoms with van der Waals surface area (Å²) in [4.78, 5) is 3.63. The van der Waals surface area contributed by atoms with E-state index in [1.807, 2.05) is 56.7 Å². The first-order chi connectivity index (χ1) is 14.5. The zero-order valence-corrected chi connectivity index (χ0v) is 17.1. The summed E-state index contributed by atoms with van der Waals surface area (Å²) in [7, 11) is 1.85. The first-order valence-corrected chi connectivity index (χ1v) is 9.32. The van der Waals surface area contributed by atoms with Crippen LogP contribution in [-0.2, 0) is 7.05 Å². The Bertz CT molecular complexity index is 1440. The fraction of sp³-hybridized carbons (Fsp3) is 0.280. The molecule has 0 saturated heterocycles. The summed E-state index contributed by atoms with van der Waals surface area (Å²) >= 11 is 0. The predicted octanol–water partition coefficient (Wildman–Crippen LogP) is 6.68. The van der Waals surface area contributed by atoms with E-state index < -0.39 is 5.89 Å². The van der Waals surface area contributed by atoms with Gasteiger partial charge in [0.15, 0.2) is 11.4 Å². The highest BCUT2D eigenvalue weighted by Gasteiger charge is 2.23. The van der Waals surface area contributed by atoms with Crippen LogP contribution in [-0.4, -0.2) is 0 Å². The van der Waals surface area contributed by atoms with Crippen LogP contribution in [0.25, 0.3) is 38.0 Å². The number of aromatic nitrogens is 1. The molecule has 0 spiro atoms. The van der Waals surface area contributed by atoms with Crippen molar-refractivity contribution in [1.82, 2.24) is 0 Å². The van der Waals surface area contributed by atoms with Crippen LogP contribution < -0.4 is 4.57 Å². The van der Waals surface area contributed by atoms with E-state index in [1.165, 1.54) is 0 Å². The minimum atomic E-state index is -1.08. The molecule has 0 aliphatic rings. The minimum Gasteiger partial charge on any atom is -0.455 e. The maximum atomic E-state index is 8.98. The first-order valence-electron chi connectivity index (χ1n) is 10.8. The highest BCUT2D eigenvalue weighted by molar-refractivity contribution is 6.10. The number of furan rings is 1. The molecule has 140 valence electrons. The SMILES string of the molecule is [2H]c1c(C([2H])(C)C)c([2H])c(-c2c(C)ccc3c2oc2cc(C)c([N+]#[C-])cc23)[n+](C)c1C. The molecular formula is C25H25N2O+. The van der Waals surface area contributed by atoms with Crippen molar-refractivity contribution < 1.29 is 13.1 Å². The molecular weight excluding hydrogens is 344 g/mol. The van der Waals surface area contributed by atoms with E-state index >= 15 is 0 Å². The third-order valence-corrected chi connectivity index (χ3v) is 5.41. The molecule has 3 heteroatoms. The van der Waals surface area contributed by atoms with Crippen molar-refractivity contribution in [2.45, 2.75) is 40.5 Å². The van der Waals surface area contributed by atoms with Crippen LogP contribution in [0, 0.1) is 27.3 Å². The average molecular weight is 373 g/mol. The Balaban J connectivity index is 2.20. The maximum absolute atomic E-state index is 8.98. The molecule has 4 rings (SSSR count). The van der Waals surface area contributed by atoms with Crippen molar-refractivity contribution in [2.75, 3.05) is 0 Å². The number of aryl methyl sites for hydroxylation is 2. The second kappa shape index (κ2) is 6.49. The number of hydrogen-bond donors (Lipinski definition) is 0. The van der Waals surface area contributed by atoms with E-state index in [1.54, 1.807) is 13.8 Å². The number of benzene rings is 2. The fourth-order valence-electron chi connectivity index (χ4n) is 3.64. The van der Waals surface area contributed by atoms with Gasteiger partial charge in [-0.3, -0.25) is 0 Å². The summed E-state index contributed by atoms with van der Waals surface area (Å²) in [6, 6.07) is 8.14. The molecule has 2 aromatic carbocycles. The lowest BCUT2D eigenvalue weighted by atomic mass is 9.96. The van der Waals surface area contributed by atoms with Crippen LogP contribution in [0.4, 0.5) is 5.69 Å². The predicted molar refractivity (Wildman–Crippen MR) is 115 cm³/mol. The van der Waals surface area contributed by atoms with Crippen LogP contribution in [0.2, 0.25) is 0 Å². The van der Waals surface area contributed by atoms with E-state index in [2.05, 4.69) is 4.85 Å². The zero-order chi connectivity index (χ0) is 22.8. The fourth-order valence-corrected chi connectivity index (χ4v) is 3.64. The van der Waals surface area contributed by atoms with Crippen molar-refractivity contribution in [3.63, 3.8) is 0 Å². The molecule has 0 aliphatic heterocycles.